The molecule has 2 unspecified atom stereocenters. The van der Waals surface area contributed by atoms with Crippen LogP contribution >= 0.6 is 0 Å². The molecule has 6 nitrogen and oxygen atoms in total. The number of carbonyl (C=O) groups is 1. The summed E-state index contributed by atoms with van der Waals surface area (Å²) in [5, 5.41) is 12.1. The summed E-state index contributed by atoms with van der Waals surface area (Å²) >= 11 is 0. The van der Waals surface area contributed by atoms with Gasteiger partial charge >= 0.3 is 0 Å². The molecule has 2 aromatic rings. The fourth-order valence-corrected chi connectivity index (χ4v) is 4.86. The number of fused-ring (bicyclic) bond motifs is 3. The lowest BCUT2D eigenvalue weighted by molar-refractivity contribution is 0.0925. The Bertz CT molecular complexity index is 897. The number of nitrogens with one attached hydrogen (secondary N) is 2. The highest BCUT2D eigenvalue weighted by molar-refractivity contribution is 6.06. The standard InChI is InChI=1S/C22H30N4O2/c1-22(2,3)11-18-19-16(10-17(12-4-5-12)25-21(19)28-26-18)20(27)24-15-8-13-6-7-14(9-15)23-13/h10,12-15,23H,4-9,11H2,1-3H3,(H,24,27). The van der Waals surface area contributed by atoms with Crippen LogP contribution in [-0.4, -0.2) is 34.2 Å². The fourth-order valence-electron chi connectivity index (χ4n) is 4.86. The average molecular weight is 383 g/mol. The van der Waals surface area contributed by atoms with Gasteiger partial charge < -0.3 is 15.2 Å². The topological polar surface area (TPSA) is 80.0 Å². The second kappa shape index (κ2) is 6.55. The van der Waals surface area contributed by atoms with Crippen LogP contribution in [-0.2, 0) is 6.42 Å². The lowest BCUT2D eigenvalue weighted by Crippen LogP contribution is -2.48. The summed E-state index contributed by atoms with van der Waals surface area (Å²) in [6.07, 6.45) is 7.52. The number of piperidine rings is 1. The van der Waals surface area contributed by atoms with Crippen LogP contribution in [0.2, 0.25) is 0 Å². The van der Waals surface area contributed by atoms with Crippen LogP contribution in [0.1, 0.15) is 87.0 Å². The van der Waals surface area contributed by atoms with E-state index in [2.05, 4.69) is 36.6 Å². The van der Waals surface area contributed by atoms with E-state index < -0.39 is 0 Å². The number of pyridine rings is 1. The van der Waals surface area contributed by atoms with Crippen LogP contribution in [0.3, 0.4) is 0 Å². The van der Waals surface area contributed by atoms with E-state index in [9.17, 15) is 4.79 Å². The minimum atomic E-state index is -0.000964. The van der Waals surface area contributed by atoms with Gasteiger partial charge in [0.2, 0.25) is 0 Å². The third kappa shape index (κ3) is 3.54. The molecule has 2 N–H and O–H groups in total. The summed E-state index contributed by atoms with van der Waals surface area (Å²) in [5.41, 5.74) is 3.08. The van der Waals surface area contributed by atoms with Crippen molar-refractivity contribution in [2.75, 3.05) is 0 Å². The number of hydrogen-bond acceptors (Lipinski definition) is 5. The van der Waals surface area contributed by atoms with Crippen LogP contribution in [0.4, 0.5) is 0 Å². The lowest BCUT2D eigenvalue weighted by atomic mass is 9.89. The van der Waals surface area contributed by atoms with Crippen molar-refractivity contribution < 1.29 is 9.32 Å². The molecule has 1 aliphatic carbocycles. The molecular formula is C22H30N4O2. The molecule has 28 heavy (non-hydrogen) atoms. The van der Waals surface area contributed by atoms with E-state index in [1.165, 1.54) is 12.8 Å². The van der Waals surface area contributed by atoms with Crippen molar-refractivity contribution in [3.63, 3.8) is 0 Å². The molecule has 1 saturated carbocycles. The largest absolute Gasteiger partial charge is 0.349 e. The second-order valence-corrected chi connectivity index (χ2v) is 10.2. The first-order valence-corrected chi connectivity index (χ1v) is 10.7. The zero-order valence-corrected chi connectivity index (χ0v) is 17.0. The lowest BCUT2D eigenvalue weighted by Gasteiger charge is -2.29. The Labute approximate surface area is 165 Å². The summed E-state index contributed by atoms with van der Waals surface area (Å²) in [7, 11) is 0. The Morgan fingerprint density at radius 1 is 1.21 bits per heavy atom. The molecule has 150 valence electrons. The van der Waals surface area contributed by atoms with Crippen molar-refractivity contribution >= 4 is 17.0 Å². The third-order valence-corrected chi connectivity index (χ3v) is 6.28. The van der Waals surface area contributed by atoms with Gasteiger partial charge in [0.15, 0.2) is 0 Å². The van der Waals surface area contributed by atoms with E-state index >= 15 is 0 Å². The summed E-state index contributed by atoms with van der Waals surface area (Å²) in [6.45, 7) is 6.51. The van der Waals surface area contributed by atoms with E-state index in [-0.39, 0.29) is 17.4 Å². The van der Waals surface area contributed by atoms with Crippen LogP contribution in [0.15, 0.2) is 10.6 Å². The average Bonchev–Trinajstić information content (AvgIpc) is 3.33. The van der Waals surface area contributed by atoms with Crippen molar-refractivity contribution in [2.45, 2.75) is 89.8 Å². The quantitative estimate of drug-likeness (QED) is 0.843. The second-order valence-electron chi connectivity index (χ2n) is 10.2. The Hall–Kier alpha value is -1.95. The zero-order valence-electron chi connectivity index (χ0n) is 17.0. The first-order valence-electron chi connectivity index (χ1n) is 10.7. The summed E-state index contributed by atoms with van der Waals surface area (Å²) in [6, 6.07) is 3.34. The molecule has 1 amide bonds. The van der Waals surface area contributed by atoms with Crippen molar-refractivity contribution in [1.29, 1.82) is 0 Å². The van der Waals surface area contributed by atoms with Gasteiger partial charge in [-0.3, -0.25) is 4.79 Å². The normalized spacial score (nSPS) is 27.3. The monoisotopic (exact) mass is 382 g/mol. The SMILES string of the molecule is CC(C)(C)Cc1noc2nc(C3CC3)cc(C(=O)NC3CC4CCC(C3)N4)c12. The van der Waals surface area contributed by atoms with Crippen molar-refractivity contribution in [1.82, 2.24) is 20.8 Å². The smallest absolute Gasteiger partial charge is 0.259 e. The molecule has 3 fully saturated rings. The number of aromatic nitrogens is 2. The van der Waals surface area contributed by atoms with Gasteiger partial charge in [0.05, 0.1) is 16.6 Å². The first-order chi connectivity index (χ1) is 13.4. The fraction of sp³-hybridized carbons (Fsp3) is 0.682. The van der Waals surface area contributed by atoms with Gasteiger partial charge in [-0.05, 0) is 56.4 Å². The Balaban J connectivity index is 1.48. The first kappa shape index (κ1) is 18.1. The van der Waals surface area contributed by atoms with Crippen LogP contribution in [0.25, 0.3) is 11.1 Å². The van der Waals surface area contributed by atoms with Gasteiger partial charge in [0.1, 0.15) is 0 Å². The molecule has 3 aliphatic rings. The maximum Gasteiger partial charge on any atom is 0.259 e. The maximum atomic E-state index is 13.3. The Kier molecular flexibility index (Phi) is 4.23. The molecule has 4 heterocycles. The van der Waals surface area contributed by atoms with E-state index in [1.54, 1.807) is 0 Å². The van der Waals surface area contributed by atoms with Crippen molar-refractivity contribution in [3.05, 3.63) is 23.0 Å². The molecule has 0 radical (unpaired) electrons. The molecule has 2 saturated heterocycles. The Morgan fingerprint density at radius 3 is 2.57 bits per heavy atom. The minimum Gasteiger partial charge on any atom is -0.349 e. The van der Waals surface area contributed by atoms with Gasteiger partial charge in [-0.2, -0.15) is 0 Å². The Morgan fingerprint density at radius 2 is 1.93 bits per heavy atom. The minimum absolute atomic E-state index is 0.000964. The van der Waals surface area contributed by atoms with Crippen LogP contribution in [0, 0.1) is 5.41 Å². The molecule has 2 aliphatic heterocycles. The molecule has 6 heteroatoms. The summed E-state index contributed by atoms with van der Waals surface area (Å²) in [4.78, 5) is 18.0. The summed E-state index contributed by atoms with van der Waals surface area (Å²) in [5.74, 6) is 0.459. The molecule has 0 aromatic carbocycles. The molecule has 2 atom stereocenters. The third-order valence-electron chi connectivity index (χ3n) is 6.28. The van der Waals surface area contributed by atoms with E-state index in [0.29, 0.717) is 29.3 Å². The molecule has 2 bridgehead atoms. The predicted octanol–water partition coefficient (Wildman–Crippen LogP) is 3.70. The number of amides is 1. The van der Waals surface area contributed by atoms with Gasteiger partial charge in [0.25, 0.3) is 11.6 Å². The molecule has 5 rings (SSSR count). The van der Waals surface area contributed by atoms with Gasteiger partial charge in [-0.15, -0.1) is 0 Å². The van der Waals surface area contributed by atoms with Gasteiger partial charge in [-0.25, -0.2) is 4.98 Å². The number of rotatable bonds is 4. The number of hydrogen-bond donors (Lipinski definition) is 2. The molecule has 0 spiro atoms. The number of nitrogens with zero attached hydrogens (tertiary/aromatic N) is 2. The van der Waals surface area contributed by atoms with Crippen molar-refractivity contribution in [3.8, 4) is 0 Å². The highest BCUT2D eigenvalue weighted by atomic mass is 16.5. The van der Waals surface area contributed by atoms with Crippen LogP contribution < -0.4 is 10.6 Å². The number of carbonyl (C=O) groups excluding carboxylic acids is 1. The van der Waals surface area contributed by atoms with Crippen LogP contribution in [0.5, 0.6) is 0 Å². The van der Waals surface area contributed by atoms with Gasteiger partial charge in [-0.1, -0.05) is 25.9 Å². The predicted molar refractivity (Wildman–Crippen MR) is 107 cm³/mol. The highest BCUT2D eigenvalue weighted by Gasteiger charge is 2.35. The van der Waals surface area contributed by atoms with E-state index in [0.717, 1.165) is 48.9 Å². The van der Waals surface area contributed by atoms with E-state index in [1.807, 2.05) is 6.07 Å². The van der Waals surface area contributed by atoms with Crippen molar-refractivity contribution in [2.24, 2.45) is 5.41 Å². The maximum absolute atomic E-state index is 13.3. The zero-order chi connectivity index (χ0) is 19.5. The highest BCUT2D eigenvalue weighted by Crippen LogP contribution is 2.41. The summed E-state index contributed by atoms with van der Waals surface area (Å²) < 4.78 is 5.59. The van der Waals surface area contributed by atoms with E-state index in [4.69, 9.17) is 9.51 Å². The van der Waals surface area contributed by atoms with Gasteiger partial charge in [0, 0.05) is 29.7 Å². The molecule has 2 aromatic heterocycles. The molecular weight excluding hydrogens is 352 g/mol.